The fourth-order valence-corrected chi connectivity index (χ4v) is 6.70. The van der Waals surface area contributed by atoms with Crippen LogP contribution < -0.4 is 14.5 Å². The van der Waals surface area contributed by atoms with Crippen LogP contribution in [0.3, 0.4) is 0 Å². The topological polar surface area (TPSA) is 85.8 Å². The van der Waals surface area contributed by atoms with Gasteiger partial charge in [0.2, 0.25) is 0 Å². The third-order valence-corrected chi connectivity index (χ3v) is 9.78. The molecule has 0 saturated carbocycles. The molecule has 0 unspecified atom stereocenters. The second kappa shape index (κ2) is 14.9. The number of nitrogens with zero attached hydrogens (tertiary/aromatic N) is 3. The molecule has 0 aliphatic rings. The summed E-state index contributed by atoms with van der Waals surface area (Å²) in [5.41, 5.74) is 4.43. The summed E-state index contributed by atoms with van der Waals surface area (Å²) < 4.78 is 37.2. The first-order valence-corrected chi connectivity index (χ1v) is 16.6. The van der Waals surface area contributed by atoms with Gasteiger partial charge in [0, 0.05) is 52.0 Å². The summed E-state index contributed by atoms with van der Waals surface area (Å²) >= 11 is 0. The lowest BCUT2D eigenvalue weighted by atomic mass is 10.2. The van der Waals surface area contributed by atoms with Gasteiger partial charge in [0.25, 0.3) is 0 Å². The summed E-state index contributed by atoms with van der Waals surface area (Å²) in [6, 6.07) is 36.0. The number of rotatable bonds is 9. The minimum Gasteiger partial charge on any atom is -0.744 e. The maximum absolute atomic E-state index is 10.4. The summed E-state index contributed by atoms with van der Waals surface area (Å²) in [4.78, 5) is 12.0. The minimum atomic E-state index is -4.27. The average molecular weight is 628 g/mol. The van der Waals surface area contributed by atoms with Crippen LogP contribution in [0.2, 0.25) is 0 Å². The van der Waals surface area contributed by atoms with E-state index in [9.17, 15) is 13.0 Å². The lowest BCUT2D eigenvalue weighted by Gasteiger charge is -2.15. The molecule has 0 amide bonds. The molecule has 0 atom stereocenters. The zero-order chi connectivity index (χ0) is 31.7. The zero-order valence-electron chi connectivity index (χ0n) is 25.5. The molecule has 0 fully saturated rings. The Morgan fingerprint density at radius 3 is 1.50 bits per heavy atom. The number of pyridine rings is 1. The fraction of sp³-hybridized carbons (Fsp3) is 0.171. The van der Waals surface area contributed by atoms with E-state index in [4.69, 9.17) is 4.74 Å². The number of aromatic nitrogens is 1. The van der Waals surface area contributed by atoms with Gasteiger partial charge < -0.3 is 19.1 Å². The van der Waals surface area contributed by atoms with Crippen molar-refractivity contribution < 1.29 is 17.7 Å². The van der Waals surface area contributed by atoms with E-state index in [0.29, 0.717) is 6.61 Å². The lowest BCUT2D eigenvalue weighted by molar-refractivity contribution is 0.306. The van der Waals surface area contributed by atoms with Gasteiger partial charge in [0.15, 0.2) is 14.7 Å². The molecular weight excluding hydrogens is 591 g/mol. The van der Waals surface area contributed by atoms with Crippen LogP contribution in [-0.4, -0.2) is 46.1 Å². The molecular formula is C35H37N3O4S2. The molecule has 1 aromatic heterocycles. The molecule has 0 radical (unpaired) electrons. The molecule has 7 nitrogen and oxygen atoms in total. The highest BCUT2D eigenvalue weighted by molar-refractivity contribution is 7.97. The maximum atomic E-state index is 10.4. The Morgan fingerprint density at radius 2 is 1.09 bits per heavy atom. The largest absolute Gasteiger partial charge is 0.744 e. The monoisotopic (exact) mass is 627 g/mol. The van der Waals surface area contributed by atoms with Crippen LogP contribution in [0.1, 0.15) is 11.1 Å². The van der Waals surface area contributed by atoms with Crippen LogP contribution in [0.5, 0.6) is 5.75 Å². The van der Waals surface area contributed by atoms with Crippen molar-refractivity contribution in [1.29, 1.82) is 0 Å². The number of ether oxygens (including phenoxy) is 1. The van der Waals surface area contributed by atoms with E-state index in [1.54, 1.807) is 24.5 Å². The predicted molar refractivity (Wildman–Crippen MR) is 178 cm³/mol. The van der Waals surface area contributed by atoms with Crippen LogP contribution in [0.25, 0.3) is 0 Å². The van der Waals surface area contributed by atoms with E-state index in [1.807, 2.05) is 19.1 Å². The van der Waals surface area contributed by atoms with E-state index >= 15 is 0 Å². The SMILES string of the molecule is CN(C)c1ccc([S+](c2ccc(OCc3ccncc3)cc2)c2ccc(N(C)C)cc2)cc1.Cc1ccc(S(=O)(=O)[O-])cc1. The number of anilines is 2. The summed E-state index contributed by atoms with van der Waals surface area (Å²) in [7, 11) is 3.80. The van der Waals surface area contributed by atoms with E-state index in [0.717, 1.165) is 16.9 Å². The normalized spacial score (nSPS) is 11.0. The third kappa shape index (κ3) is 9.09. The average Bonchev–Trinajstić information content (AvgIpc) is 3.02. The summed E-state index contributed by atoms with van der Waals surface area (Å²) in [6.45, 7) is 2.35. The first-order chi connectivity index (χ1) is 21.0. The van der Waals surface area contributed by atoms with Gasteiger partial charge in [-0.05, 0) is 110 Å². The lowest BCUT2D eigenvalue weighted by Crippen LogP contribution is -2.10. The van der Waals surface area contributed by atoms with Crippen molar-refractivity contribution in [3.05, 3.63) is 133 Å². The molecule has 9 heteroatoms. The molecule has 0 spiro atoms. The first kappa shape index (κ1) is 32.6. The van der Waals surface area contributed by atoms with Gasteiger partial charge in [-0.15, -0.1) is 0 Å². The number of aryl methyl sites for hydroxylation is 1. The highest BCUT2D eigenvalue weighted by atomic mass is 32.2. The van der Waals surface area contributed by atoms with Crippen LogP contribution in [0.15, 0.2) is 141 Å². The van der Waals surface area contributed by atoms with Crippen molar-refractivity contribution in [2.45, 2.75) is 33.1 Å². The Labute approximate surface area is 263 Å². The van der Waals surface area contributed by atoms with Crippen molar-refractivity contribution in [3.63, 3.8) is 0 Å². The van der Waals surface area contributed by atoms with E-state index in [2.05, 4.69) is 116 Å². The Hall–Kier alpha value is -4.31. The van der Waals surface area contributed by atoms with Gasteiger partial charge in [-0.3, -0.25) is 4.98 Å². The minimum absolute atomic E-state index is 0.178. The summed E-state index contributed by atoms with van der Waals surface area (Å²) in [6.07, 6.45) is 3.58. The molecule has 44 heavy (non-hydrogen) atoms. The van der Waals surface area contributed by atoms with Gasteiger partial charge in [0.1, 0.15) is 22.5 Å². The summed E-state index contributed by atoms with van der Waals surface area (Å²) in [5, 5.41) is 0. The third-order valence-electron chi connectivity index (χ3n) is 6.70. The highest BCUT2D eigenvalue weighted by Gasteiger charge is 2.29. The predicted octanol–water partition coefficient (Wildman–Crippen LogP) is 6.79. The smallest absolute Gasteiger partial charge is 0.166 e. The van der Waals surface area contributed by atoms with E-state index in [-0.39, 0.29) is 15.8 Å². The van der Waals surface area contributed by atoms with Gasteiger partial charge in [-0.2, -0.15) is 0 Å². The van der Waals surface area contributed by atoms with Crippen molar-refractivity contribution in [2.75, 3.05) is 38.0 Å². The molecule has 0 N–H and O–H groups in total. The second-order valence-electron chi connectivity index (χ2n) is 10.5. The molecule has 1 heterocycles. The van der Waals surface area contributed by atoms with Crippen LogP contribution in [-0.2, 0) is 27.6 Å². The van der Waals surface area contributed by atoms with Gasteiger partial charge >= 0.3 is 0 Å². The van der Waals surface area contributed by atoms with Crippen molar-refractivity contribution in [3.8, 4) is 5.75 Å². The summed E-state index contributed by atoms with van der Waals surface area (Å²) in [5.74, 6) is 0.866. The van der Waals surface area contributed by atoms with Crippen molar-refractivity contribution in [2.24, 2.45) is 0 Å². The molecule has 228 valence electrons. The first-order valence-electron chi connectivity index (χ1n) is 13.9. The molecule has 5 aromatic rings. The van der Waals surface area contributed by atoms with Gasteiger partial charge in [-0.25, -0.2) is 8.42 Å². The Morgan fingerprint density at radius 1 is 0.659 bits per heavy atom. The Balaban J connectivity index is 0.000000339. The van der Waals surface area contributed by atoms with E-state index < -0.39 is 10.1 Å². The fourth-order valence-electron chi connectivity index (χ4n) is 4.19. The molecule has 0 saturated heterocycles. The van der Waals surface area contributed by atoms with Crippen molar-refractivity contribution >= 4 is 32.4 Å². The van der Waals surface area contributed by atoms with Crippen LogP contribution >= 0.6 is 0 Å². The van der Waals surface area contributed by atoms with Gasteiger partial charge in [0.05, 0.1) is 15.8 Å². The number of hydrogen-bond donors (Lipinski definition) is 0. The van der Waals surface area contributed by atoms with E-state index in [1.165, 1.54) is 38.2 Å². The van der Waals surface area contributed by atoms with Crippen LogP contribution in [0, 0.1) is 6.92 Å². The van der Waals surface area contributed by atoms with Gasteiger partial charge in [-0.1, -0.05) is 17.7 Å². The molecule has 0 bridgehead atoms. The zero-order valence-corrected chi connectivity index (χ0v) is 27.2. The Kier molecular flexibility index (Phi) is 11.1. The quantitative estimate of drug-likeness (QED) is 0.131. The Bertz CT molecular complexity index is 1660. The molecule has 0 aliphatic heterocycles. The maximum Gasteiger partial charge on any atom is 0.166 e. The number of hydrogen-bond acceptors (Lipinski definition) is 7. The second-order valence-corrected chi connectivity index (χ2v) is 13.9. The van der Waals surface area contributed by atoms with Crippen molar-refractivity contribution in [1.82, 2.24) is 4.98 Å². The standard InChI is InChI=1S/C28H30N3OS.C7H8O3S/c1-30(2)23-5-11-26(12-6-23)33(27-13-7-24(8-14-27)31(3)4)28-15-9-25(10-16-28)32-21-22-17-19-29-20-18-22;1-6-2-4-7(5-3-6)11(8,9)10/h5-20H,21H2,1-4H3;2-5H,1H3,(H,8,9,10)/q+1;/p-1. The molecule has 5 rings (SSSR count). The van der Waals surface area contributed by atoms with Crippen LogP contribution in [0.4, 0.5) is 11.4 Å². The molecule has 0 aliphatic carbocycles. The molecule has 4 aromatic carbocycles. The number of benzene rings is 4. The highest BCUT2D eigenvalue weighted by Crippen LogP contribution is 2.34.